The maximum absolute atomic E-state index is 10.8. The summed E-state index contributed by atoms with van der Waals surface area (Å²) in [5.74, 6) is 1.67. The highest BCUT2D eigenvalue weighted by Gasteiger charge is 2.23. The highest BCUT2D eigenvalue weighted by Crippen LogP contribution is 2.30. The summed E-state index contributed by atoms with van der Waals surface area (Å²) in [7, 11) is 0. The zero-order valence-electron chi connectivity index (χ0n) is 15.4. The Labute approximate surface area is 161 Å². The van der Waals surface area contributed by atoms with Crippen molar-refractivity contribution in [1.82, 2.24) is 19.4 Å². The Hall–Kier alpha value is -3.49. The van der Waals surface area contributed by atoms with E-state index in [0.717, 1.165) is 5.56 Å². The van der Waals surface area contributed by atoms with Crippen molar-refractivity contribution in [2.75, 3.05) is 11.1 Å². The van der Waals surface area contributed by atoms with Crippen LogP contribution in [0.3, 0.4) is 0 Å². The largest absolute Gasteiger partial charge is 0.382 e. The number of fused-ring (bicyclic) bond motifs is 1. The average Bonchev–Trinajstić information content (AvgIpc) is 3.09. The topological polar surface area (TPSA) is 127 Å². The van der Waals surface area contributed by atoms with E-state index in [4.69, 9.17) is 11.5 Å². The van der Waals surface area contributed by atoms with Gasteiger partial charge in [-0.25, -0.2) is 15.0 Å². The lowest BCUT2D eigenvalue weighted by atomic mass is 10.0. The molecule has 0 aliphatic rings. The van der Waals surface area contributed by atoms with Crippen LogP contribution in [-0.4, -0.2) is 24.5 Å². The summed E-state index contributed by atoms with van der Waals surface area (Å²) in [5.41, 5.74) is 13.6. The number of benzene rings is 1. The Morgan fingerprint density at radius 3 is 2.57 bits per heavy atom. The second-order valence-electron chi connectivity index (χ2n) is 6.60. The third kappa shape index (κ3) is 3.15. The van der Waals surface area contributed by atoms with Gasteiger partial charge in [-0.3, -0.25) is 4.40 Å². The molecule has 0 amide bonds. The molecule has 1 aromatic carbocycles. The summed E-state index contributed by atoms with van der Waals surface area (Å²) < 4.78 is 1.85. The van der Waals surface area contributed by atoms with Crippen LogP contribution >= 0.6 is 0 Å². The lowest BCUT2D eigenvalue weighted by Gasteiger charge is -2.26. The minimum Gasteiger partial charge on any atom is -0.382 e. The van der Waals surface area contributed by atoms with Crippen LogP contribution in [0.15, 0.2) is 61.1 Å². The molecule has 6 N–H and O–H groups in total. The third-order valence-electron chi connectivity index (χ3n) is 4.60. The van der Waals surface area contributed by atoms with Crippen LogP contribution in [-0.2, 0) is 12.3 Å². The van der Waals surface area contributed by atoms with Crippen LogP contribution in [0.5, 0.6) is 0 Å². The number of anilines is 2. The smallest absolute Gasteiger partial charge is 0.160 e. The number of aliphatic hydroxyl groups is 1. The maximum Gasteiger partial charge on any atom is 0.160 e. The van der Waals surface area contributed by atoms with Crippen LogP contribution in [0.2, 0.25) is 0 Å². The van der Waals surface area contributed by atoms with Gasteiger partial charge in [-0.1, -0.05) is 30.3 Å². The van der Waals surface area contributed by atoms with E-state index < -0.39 is 5.72 Å². The van der Waals surface area contributed by atoms with Gasteiger partial charge in [-0.15, -0.1) is 0 Å². The molecule has 4 aromatic rings. The molecule has 0 saturated heterocycles. The molecule has 0 fully saturated rings. The summed E-state index contributed by atoms with van der Waals surface area (Å²) in [4.78, 5) is 13.0. The summed E-state index contributed by atoms with van der Waals surface area (Å²) in [6.07, 6.45) is 5.08. The Morgan fingerprint density at radius 2 is 1.89 bits per heavy atom. The minimum absolute atomic E-state index is 0.283. The van der Waals surface area contributed by atoms with Gasteiger partial charge in [0.25, 0.3) is 0 Å². The Kier molecular flexibility index (Phi) is 4.42. The van der Waals surface area contributed by atoms with Crippen molar-refractivity contribution in [2.24, 2.45) is 5.73 Å². The highest BCUT2D eigenvalue weighted by molar-refractivity contribution is 5.85. The van der Waals surface area contributed by atoms with Gasteiger partial charge in [0.15, 0.2) is 5.72 Å². The number of nitrogen functional groups attached to an aromatic ring is 1. The number of hydrogen-bond acceptors (Lipinski definition) is 7. The fraction of sp³-hybridized carbons (Fsp3) is 0.150. The molecule has 142 valence electrons. The Balaban J connectivity index is 1.70. The molecule has 28 heavy (non-hydrogen) atoms. The summed E-state index contributed by atoms with van der Waals surface area (Å²) in [6, 6.07) is 12.9. The molecule has 0 aliphatic heterocycles. The number of nitrogens with zero attached hydrogens (tertiary/aromatic N) is 4. The van der Waals surface area contributed by atoms with E-state index in [1.54, 1.807) is 31.6 Å². The van der Waals surface area contributed by atoms with E-state index in [9.17, 15) is 5.11 Å². The second kappa shape index (κ2) is 6.91. The van der Waals surface area contributed by atoms with Gasteiger partial charge in [0.05, 0.1) is 6.54 Å². The lowest BCUT2D eigenvalue weighted by molar-refractivity contribution is 0.0883. The molecule has 1 atom stereocenters. The maximum atomic E-state index is 10.8. The molecular formula is C20H21N7O. The number of hydrogen-bond donors (Lipinski definition) is 4. The van der Waals surface area contributed by atoms with Gasteiger partial charge in [-0.05, 0) is 19.1 Å². The molecule has 0 bridgehead atoms. The van der Waals surface area contributed by atoms with Gasteiger partial charge in [-0.2, -0.15) is 0 Å². The van der Waals surface area contributed by atoms with Crippen molar-refractivity contribution in [2.45, 2.75) is 19.2 Å². The van der Waals surface area contributed by atoms with E-state index >= 15 is 0 Å². The fourth-order valence-electron chi connectivity index (χ4n) is 3.18. The van der Waals surface area contributed by atoms with Crippen LogP contribution in [0.4, 0.5) is 11.6 Å². The third-order valence-corrected chi connectivity index (χ3v) is 4.60. The predicted molar refractivity (Wildman–Crippen MR) is 108 cm³/mol. The van der Waals surface area contributed by atoms with Crippen LogP contribution < -0.4 is 16.8 Å². The molecule has 8 nitrogen and oxygen atoms in total. The normalized spacial score (nSPS) is 13.4. The minimum atomic E-state index is -1.29. The number of imidazole rings is 1. The Morgan fingerprint density at radius 1 is 1.11 bits per heavy atom. The zero-order valence-corrected chi connectivity index (χ0v) is 15.4. The first-order valence-electron chi connectivity index (χ1n) is 8.83. The first-order chi connectivity index (χ1) is 13.5. The molecule has 8 heteroatoms. The number of pyridine rings is 1. The van der Waals surface area contributed by atoms with E-state index in [1.165, 1.54) is 0 Å². The molecule has 0 aliphatic carbocycles. The lowest BCUT2D eigenvalue weighted by Crippen LogP contribution is -2.31. The molecule has 3 heterocycles. The van der Waals surface area contributed by atoms with Crippen molar-refractivity contribution in [1.29, 1.82) is 0 Å². The van der Waals surface area contributed by atoms with Crippen molar-refractivity contribution >= 4 is 17.2 Å². The van der Waals surface area contributed by atoms with Gasteiger partial charge in [0.2, 0.25) is 0 Å². The molecule has 0 saturated carbocycles. The Bertz CT molecular complexity index is 1100. The van der Waals surface area contributed by atoms with E-state index in [-0.39, 0.29) is 6.54 Å². The molecule has 0 spiro atoms. The van der Waals surface area contributed by atoms with E-state index in [1.807, 2.05) is 40.8 Å². The standard InChI is InChI=1S/C20H21N7O/c1-20(28,26-15-4-2-3-9-23-15)14-7-5-13(6-8-14)17-18-19(22)24-10-11-27(18)16(12-21)25-17/h2-11,28H,12,21H2,1H3,(H2,22,24)(H,23,26). The second-order valence-corrected chi connectivity index (χ2v) is 6.60. The monoisotopic (exact) mass is 375 g/mol. The summed E-state index contributed by atoms with van der Waals surface area (Å²) in [5, 5.41) is 13.9. The quantitative estimate of drug-likeness (QED) is 0.393. The van der Waals surface area contributed by atoms with Gasteiger partial charge in [0.1, 0.15) is 28.7 Å². The van der Waals surface area contributed by atoms with Crippen molar-refractivity contribution in [3.63, 3.8) is 0 Å². The van der Waals surface area contributed by atoms with Crippen molar-refractivity contribution in [3.05, 3.63) is 72.4 Å². The number of rotatable bonds is 5. The summed E-state index contributed by atoms with van der Waals surface area (Å²) in [6.45, 7) is 1.96. The predicted octanol–water partition coefficient (Wildman–Crippen LogP) is 2.11. The molecule has 0 radical (unpaired) electrons. The molecule has 1 unspecified atom stereocenters. The van der Waals surface area contributed by atoms with Gasteiger partial charge in [0, 0.05) is 29.7 Å². The van der Waals surface area contributed by atoms with Crippen molar-refractivity contribution in [3.8, 4) is 11.3 Å². The number of aromatic nitrogens is 4. The first kappa shape index (κ1) is 17.9. The first-order valence-corrected chi connectivity index (χ1v) is 8.83. The van der Waals surface area contributed by atoms with E-state index in [0.29, 0.717) is 34.2 Å². The van der Waals surface area contributed by atoms with Gasteiger partial charge < -0.3 is 21.9 Å². The van der Waals surface area contributed by atoms with Gasteiger partial charge >= 0.3 is 0 Å². The number of nitrogens with one attached hydrogen (secondary N) is 1. The SMILES string of the molecule is CC(O)(Nc1ccccn1)c1ccc(-c2nc(CN)n3ccnc(N)c23)cc1. The van der Waals surface area contributed by atoms with E-state index in [2.05, 4.69) is 20.3 Å². The highest BCUT2D eigenvalue weighted by atomic mass is 16.3. The zero-order chi connectivity index (χ0) is 19.7. The fourth-order valence-corrected chi connectivity index (χ4v) is 3.18. The number of nitrogens with two attached hydrogens (primary N) is 2. The van der Waals surface area contributed by atoms with Crippen molar-refractivity contribution < 1.29 is 5.11 Å². The molecule has 3 aromatic heterocycles. The molecule has 4 rings (SSSR count). The van der Waals surface area contributed by atoms with Crippen LogP contribution in [0.1, 0.15) is 18.3 Å². The average molecular weight is 375 g/mol. The van der Waals surface area contributed by atoms with Crippen LogP contribution in [0.25, 0.3) is 16.8 Å². The summed E-state index contributed by atoms with van der Waals surface area (Å²) >= 11 is 0. The van der Waals surface area contributed by atoms with Crippen LogP contribution in [0, 0.1) is 0 Å². The molecular weight excluding hydrogens is 354 g/mol.